The number of hydrogen-bond acceptors (Lipinski definition) is 5. The average molecular weight is 288 g/mol. The number of carbonyl (C=O) groups is 1. The van der Waals surface area contributed by atoms with E-state index >= 15 is 0 Å². The van der Waals surface area contributed by atoms with Crippen molar-refractivity contribution in [3.05, 3.63) is 57.8 Å². The van der Waals surface area contributed by atoms with E-state index in [1.807, 2.05) is 0 Å². The first-order chi connectivity index (χ1) is 9.97. The van der Waals surface area contributed by atoms with Crippen LogP contribution in [-0.4, -0.2) is 21.0 Å². The molecule has 7 heteroatoms. The average Bonchev–Trinajstić information content (AvgIpc) is 2.42. The van der Waals surface area contributed by atoms with E-state index in [9.17, 15) is 14.9 Å². The molecule has 0 spiro atoms. The van der Waals surface area contributed by atoms with Crippen LogP contribution in [0.4, 0.5) is 5.69 Å². The minimum absolute atomic E-state index is 0.163. The summed E-state index contributed by atoms with van der Waals surface area (Å²) < 4.78 is 5.44. The number of hydrogen-bond donors (Lipinski definition) is 1. The van der Waals surface area contributed by atoms with E-state index in [4.69, 9.17) is 9.84 Å². The molecule has 0 aliphatic rings. The Morgan fingerprint density at radius 3 is 2.81 bits per heavy atom. The number of ether oxygens (including phenoxy) is 1. The van der Waals surface area contributed by atoms with Crippen molar-refractivity contribution in [3.8, 4) is 11.6 Å². The standard InChI is InChI=1S/C14H12N2O5/c1-9-6-11(16(19)20)14(15-8-9)21-12-5-3-2-4-10(12)7-13(17)18/h2-6,8H,7H2,1H3,(H,17,18). The Morgan fingerprint density at radius 1 is 1.43 bits per heavy atom. The minimum Gasteiger partial charge on any atom is -0.481 e. The third kappa shape index (κ3) is 3.53. The molecule has 2 rings (SSSR count). The molecule has 108 valence electrons. The second-order valence-corrected chi connectivity index (χ2v) is 4.37. The first-order valence-corrected chi connectivity index (χ1v) is 6.06. The van der Waals surface area contributed by atoms with Gasteiger partial charge in [0.05, 0.1) is 11.3 Å². The molecule has 1 aromatic heterocycles. The fourth-order valence-corrected chi connectivity index (χ4v) is 1.77. The van der Waals surface area contributed by atoms with Crippen molar-refractivity contribution < 1.29 is 19.6 Å². The van der Waals surface area contributed by atoms with Gasteiger partial charge in [0.15, 0.2) is 0 Å². The Labute approximate surface area is 120 Å². The van der Waals surface area contributed by atoms with E-state index in [0.29, 0.717) is 11.1 Å². The van der Waals surface area contributed by atoms with E-state index < -0.39 is 10.9 Å². The van der Waals surface area contributed by atoms with Gasteiger partial charge in [-0.25, -0.2) is 4.98 Å². The molecule has 0 fully saturated rings. The molecule has 0 aliphatic carbocycles. The minimum atomic E-state index is -1.02. The molecule has 0 amide bonds. The first kappa shape index (κ1) is 14.4. The van der Waals surface area contributed by atoms with Gasteiger partial charge < -0.3 is 9.84 Å². The third-order valence-electron chi connectivity index (χ3n) is 2.69. The topological polar surface area (TPSA) is 103 Å². The highest BCUT2D eigenvalue weighted by Gasteiger charge is 2.19. The molecule has 7 nitrogen and oxygen atoms in total. The van der Waals surface area contributed by atoms with Crippen LogP contribution in [0.15, 0.2) is 36.5 Å². The molecule has 1 aromatic carbocycles. The van der Waals surface area contributed by atoms with Gasteiger partial charge in [0.1, 0.15) is 5.75 Å². The summed E-state index contributed by atoms with van der Waals surface area (Å²) in [7, 11) is 0. The Morgan fingerprint density at radius 2 is 2.14 bits per heavy atom. The second kappa shape index (κ2) is 6.00. The normalized spacial score (nSPS) is 10.1. The lowest BCUT2D eigenvalue weighted by Crippen LogP contribution is -2.03. The van der Waals surface area contributed by atoms with Crippen LogP contribution in [0.2, 0.25) is 0 Å². The Balaban J connectivity index is 2.39. The maximum absolute atomic E-state index is 11.0. The molecule has 0 aliphatic heterocycles. The summed E-state index contributed by atoms with van der Waals surface area (Å²) >= 11 is 0. The number of carboxylic acids is 1. The van der Waals surface area contributed by atoms with Gasteiger partial charge in [0.25, 0.3) is 5.88 Å². The highest BCUT2D eigenvalue weighted by Crippen LogP contribution is 2.31. The molecule has 1 heterocycles. The summed E-state index contributed by atoms with van der Waals surface area (Å²) in [5, 5.41) is 19.9. The van der Waals surface area contributed by atoms with Crippen molar-refractivity contribution in [1.82, 2.24) is 4.98 Å². The number of nitrogens with zero attached hydrogens (tertiary/aromatic N) is 2. The molecule has 0 unspecified atom stereocenters. The zero-order valence-electron chi connectivity index (χ0n) is 11.1. The molecule has 0 saturated heterocycles. The fraction of sp³-hybridized carbons (Fsp3) is 0.143. The van der Waals surface area contributed by atoms with E-state index in [2.05, 4.69) is 4.98 Å². The van der Waals surface area contributed by atoms with Crippen LogP contribution in [0.5, 0.6) is 11.6 Å². The molecule has 1 N–H and O–H groups in total. The number of carboxylic acid groups (broad SMARTS) is 1. The highest BCUT2D eigenvalue weighted by molar-refractivity contribution is 5.71. The molecule has 0 atom stereocenters. The summed E-state index contributed by atoms with van der Waals surface area (Å²) in [6.07, 6.45) is 1.21. The monoisotopic (exact) mass is 288 g/mol. The van der Waals surface area contributed by atoms with Gasteiger partial charge in [-0.1, -0.05) is 18.2 Å². The van der Waals surface area contributed by atoms with Gasteiger partial charge in [-0.05, 0) is 18.6 Å². The molecule has 0 radical (unpaired) electrons. The smallest absolute Gasteiger partial charge is 0.331 e. The van der Waals surface area contributed by atoms with Crippen LogP contribution in [0, 0.1) is 17.0 Å². The van der Waals surface area contributed by atoms with Crippen LogP contribution in [0.1, 0.15) is 11.1 Å². The predicted molar refractivity (Wildman–Crippen MR) is 73.5 cm³/mol. The Kier molecular flexibility index (Phi) is 4.13. The second-order valence-electron chi connectivity index (χ2n) is 4.37. The molecular weight excluding hydrogens is 276 g/mol. The summed E-state index contributed by atoms with van der Waals surface area (Å²) in [4.78, 5) is 25.1. The van der Waals surface area contributed by atoms with Crippen molar-refractivity contribution in [3.63, 3.8) is 0 Å². The fourth-order valence-electron chi connectivity index (χ4n) is 1.77. The summed E-state index contributed by atoms with van der Waals surface area (Å²) in [6, 6.07) is 7.80. The maximum atomic E-state index is 11.0. The number of aliphatic carboxylic acids is 1. The van der Waals surface area contributed by atoms with E-state index in [0.717, 1.165) is 0 Å². The van der Waals surface area contributed by atoms with E-state index in [1.54, 1.807) is 31.2 Å². The maximum Gasteiger partial charge on any atom is 0.331 e. The van der Waals surface area contributed by atoms with E-state index in [1.165, 1.54) is 12.3 Å². The zero-order valence-corrected chi connectivity index (χ0v) is 11.1. The van der Waals surface area contributed by atoms with Crippen molar-refractivity contribution in [2.24, 2.45) is 0 Å². The molecular formula is C14H12N2O5. The van der Waals surface area contributed by atoms with Crippen LogP contribution in [0.25, 0.3) is 0 Å². The number of nitro groups is 1. The number of rotatable bonds is 5. The van der Waals surface area contributed by atoms with Crippen molar-refractivity contribution in [1.29, 1.82) is 0 Å². The number of aromatic nitrogens is 1. The van der Waals surface area contributed by atoms with Crippen LogP contribution in [0.3, 0.4) is 0 Å². The van der Waals surface area contributed by atoms with Gasteiger partial charge in [-0.2, -0.15) is 0 Å². The lowest BCUT2D eigenvalue weighted by molar-refractivity contribution is -0.386. The van der Waals surface area contributed by atoms with Crippen molar-refractivity contribution in [2.45, 2.75) is 13.3 Å². The largest absolute Gasteiger partial charge is 0.481 e. The summed E-state index contributed by atoms with van der Waals surface area (Å²) in [5.74, 6) is -0.944. The number of benzene rings is 1. The first-order valence-electron chi connectivity index (χ1n) is 6.06. The third-order valence-corrected chi connectivity index (χ3v) is 2.69. The van der Waals surface area contributed by atoms with Crippen molar-refractivity contribution >= 4 is 11.7 Å². The molecule has 0 bridgehead atoms. The summed E-state index contributed by atoms with van der Waals surface area (Å²) in [5.41, 5.74) is 0.787. The van der Waals surface area contributed by atoms with Crippen LogP contribution < -0.4 is 4.74 Å². The van der Waals surface area contributed by atoms with Gasteiger partial charge >= 0.3 is 11.7 Å². The molecule has 2 aromatic rings. The zero-order chi connectivity index (χ0) is 15.4. The lowest BCUT2D eigenvalue weighted by atomic mass is 10.1. The van der Waals surface area contributed by atoms with E-state index in [-0.39, 0.29) is 23.7 Å². The quantitative estimate of drug-likeness (QED) is 0.670. The van der Waals surface area contributed by atoms with Gasteiger partial charge in [0, 0.05) is 17.8 Å². The van der Waals surface area contributed by atoms with Gasteiger partial charge in [0.2, 0.25) is 0 Å². The highest BCUT2D eigenvalue weighted by atomic mass is 16.6. The number of para-hydroxylation sites is 1. The SMILES string of the molecule is Cc1cnc(Oc2ccccc2CC(=O)O)c([N+](=O)[O-])c1. The Hall–Kier alpha value is -2.96. The lowest BCUT2D eigenvalue weighted by Gasteiger charge is -2.09. The number of aryl methyl sites for hydroxylation is 1. The number of pyridine rings is 1. The van der Waals surface area contributed by atoms with Gasteiger partial charge in [-0.3, -0.25) is 14.9 Å². The van der Waals surface area contributed by atoms with Crippen molar-refractivity contribution in [2.75, 3.05) is 0 Å². The molecule has 0 saturated carbocycles. The summed E-state index contributed by atoms with van der Waals surface area (Å²) in [6.45, 7) is 1.68. The van der Waals surface area contributed by atoms with Crippen LogP contribution >= 0.6 is 0 Å². The predicted octanol–water partition coefficient (Wildman–Crippen LogP) is 2.72. The van der Waals surface area contributed by atoms with Gasteiger partial charge in [-0.15, -0.1) is 0 Å². The molecule has 21 heavy (non-hydrogen) atoms. The Bertz CT molecular complexity index is 700. The van der Waals surface area contributed by atoms with Crippen LogP contribution in [-0.2, 0) is 11.2 Å².